The van der Waals surface area contributed by atoms with Gasteiger partial charge in [-0.1, -0.05) is 18.2 Å². The van der Waals surface area contributed by atoms with Crippen LogP contribution in [0.2, 0.25) is 0 Å². The monoisotopic (exact) mass is 402 g/mol. The van der Waals surface area contributed by atoms with Crippen molar-refractivity contribution in [2.75, 3.05) is 19.6 Å². The number of carbonyl (C=O) groups excluding carboxylic acids is 1. The summed E-state index contributed by atoms with van der Waals surface area (Å²) in [6.07, 6.45) is -1.76. The number of halogens is 4. The summed E-state index contributed by atoms with van der Waals surface area (Å²) >= 11 is 0. The van der Waals surface area contributed by atoms with Gasteiger partial charge in [-0.05, 0) is 50.4 Å². The molecule has 0 bridgehead atoms. The normalized spacial score (nSPS) is 17.3. The van der Waals surface area contributed by atoms with Gasteiger partial charge in [-0.2, -0.15) is 18.3 Å². The predicted octanol–water partition coefficient (Wildman–Crippen LogP) is 3.35. The summed E-state index contributed by atoms with van der Waals surface area (Å²) in [7, 11) is 0. The molecule has 148 valence electrons. The van der Waals surface area contributed by atoms with Crippen molar-refractivity contribution in [3.05, 3.63) is 47.3 Å². The van der Waals surface area contributed by atoms with Crippen LogP contribution in [-0.2, 0) is 6.18 Å². The standard InChI is InChI=1S/C18H21F3N4O.ClH/c1-12-5-2-3-7-15(12)25-16(18(19,20)21)14(11-24-25)17(26)23-10-13-6-4-8-22-9-13;/h2-3,5,7,11,13,22H,4,6,8-10H2,1H3,(H,23,26);1H. The van der Waals surface area contributed by atoms with E-state index < -0.39 is 23.3 Å². The minimum absolute atomic E-state index is 0. The number of aryl methyl sites for hydroxylation is 1. The Labute approximate surface area is 161 Å². The van der Waals surface area contributed by atoms with Crippen molar-refractivity contribution in [1.29, 1.82) is 0 Å². The van der Waals surface area contributed by atoms with Crippen molar-refractivity contribution >= 4 is 18.3 Å². The highest BCUT2D eigenvalue weighted by Gasteiger charge is 2.40. The number of hydrogen-bond donors (Lipinski definition) is 2. The Hall–Kier alpha value is -2.06. The molecule has 0 saturated carbocycles. The van der Waals surface area contributed by atoms with Crippen molar-refractivity contribution in [2.45, 2.75) is 25.9 Å². The first kappa shape index (κ1) is 21.2. The van der Waals surface area contributed by atoms with E-state index in [4.69, 9.17) is 0 Å². The lowest BCUT2D eigenvalue weighted by atomic mass is 9.99. The average molecular weight is 403 g/mol. The maximum atomic E-state index is 13.7. The van der Waals surface area contributed by atoms with Gasteiger partial charge in [0.25, 0.3) is 5.91 Å². The van der Waals surface area contributed by atoms with E-state index in [2.05, 4.69) is 15.7 Å². The first-order valence-corrected chi connectivity index (χ1v) is 8.58. The molecule has 1 amide bonds. The molecule has 1 unspecified atom stereocenters. The Morgan fingerprint density at radius 1 is 1.37 bits per heavy atom. The van der Waals surface area contributed by atoms with Gasteiger partial charge in [0.2, 0.25) is 0 Å². The molecule has 1 aromatic carbocycles. The lowest BCUT2D eigenvalue weighted by molar-refractivity contribution is -0.143. The lowest BCUT2D eigenvalue weighted by Crippen LogP contribution is -2.38. The molecule has 27 heavy (non-hydrogen) atoms. The summed E-state index contributed by atoms with van der Waals surface area (Å²) in [6.45, 7) is 3.74. The molecular formula is C18H22ClF3N4O. The first-order valence-electron chi connectivity index (χ1n) is 8.58. The predicted molar refractivity (Wildman–Crippen MR) is 98.5 cm³/mol. The number of nitrogens with one attached hydrogen (secondary N) is 2. The van der Waals surface area contributed by atoms with E-state index in [-0.39, 0.29) is 18.3 Å². The van der Waals surface area contributed by atoms with E-state index in [1.54, 1.807) is 31.2 Å². The Morgan fingerprint density at radius 2 is 2.11 bits per heavy atom. The highest BCUT2D eigenvalue weighted by molar-refractivity contribution is 5.95. The largest absolute Gasteiger partial charge is 0.434 e. The van der Waals surface area contributed by atoms with E-state index in [9.17, 15) is 18.0 Å². The highest BCUT2D eigenvalue weighted by Crippen LogP contribution is 2.34. The van der Waals surface area contributed by atoms with Gasteiger partial charge < -0.3 is 10.6 Å². The van der Waals surface area contributed by atoms with Gasteiger partial charge in [-0.15, -0.1) is 12.4 Å². The zero-order valence-corrected chi connectivity index (χ0v) is 15.7. The number of carbonyl (C=O) groups is 1. The Morgan fingerprint density at radius 3 is 2.74 bits per heavy atom. The number of rotatable bonds is 4. The Bertz CT molecular complexity index is 785. The highest BCUT2D eigenvalue weighted by atomic mass is 35.5. The van der Waals surface area contributed by atoms with E-state index in [0.29, 0.717) is 17.8 Å². The van der Waals surface area contributed by atoms with Gasteiger partial charge >= 0.3 is 6.18 Å². The Balaban J connectivity index is 0.00000261. The number of aromatic nitrogens is 2. The third-order valence-electron chi connectivity index (χ3n) is 4.58. The van der Waals surface area contributed by atoms with E-state index in [1.165, 1.54) is 0 Å². The average Bonchev–Trinajstić information content (AvgIpc) is 3.06. The van der Waals surface area contributed by atoms with Crippen molar-refractivity contribution in [1.82, 2.24) is 20.4 Å². The van der Waals surface area contributed by atoms with E-state index in [1.807, 2.05) is 0 Å². The number of hydrogen-bond acceptors (Lipinski definition) is 3. The SMILES string of the molecule is Cc1ccccc1-n1ncc(C(=O)NCC2CCCNC2)c1C(F)(F)F.Cl. The topological polar surface area (TPSA) is 59.0 Å². The van der Waals surface area contributed by atoms with Crippen molar-refractivity contribution in [3.63, 3.8) is 0 Å². The van der Waals surface area contributed by atoms with Gasteiger partial charge in [0.1, 0.15) is 0 Å². The van der Waals surface area contributed by atoms with Crippen molar-refractivity contribution in [2.24, 2.45) is 5.92 Å². The molecule has 1 fully saturated rings. The number of nitrogens with zero attached hydrogens (tertiary/aromatic N) is 2. The molecule has 2 N–H and O–H groups in total. The van der Waals surface area contributed by atoms with Gasteiger partial charge in [0, 0.05) is 6.54 Å². The maximum Gasteiger partial charge on any atom is 0.434 e. The van der Waals surface area contributed by atoms with Gasteiger partial charge in [-0.25, -0.2) is 4.68 Å². The molecule has 1 aliphatic heterocycles. The fourth-order valence-electron chi connectivity index (χ4n) is 3.20. The van der Waals surface area contributed by atoms with E-state index >= 15 is 0 Å². The molecule has 5 nitrogen and oxygen atoms in total. The minimum atomic E-state index is -4.70. The quantitative estimate of drug-likeness (QED) is 0.824. The van der Waals surface area contributed by atoms with Crippen LogP contribution >= 0.6 is 12.4 Å². The number of benzene rings is 1. The zero-order chi connectivity index (χ0) is 18.7. The van der Waals surface area contributed by atoms with Crippen LogP contribution in [0.1, 0.15) is 34.5 Å². The summed E-state index contributed by atoms with van der Waals surface area (Å²) in [5.41, 5.74) is -0.563. The molecular weight excluding hydrogens is 381 g/mol. The summed E-state index contributed by atoms with van der Waals surface area (Å²) in [6, 6.07) is 6.63. The van der Waals surface area contributed by atoms with Gasteiger partial charge in [0.05, 0.1) is 17.4 Å². The molecule has 1 aromatic heterocycles. The zero-order valence-electron chi connectivity index (χ0n) is 14.8. The van der Waals surface area contributed by atoms with Crippen LogP contribution in [0.3, 0.4) is 0 Å². The molecule has 0 aliphatic carbocycles. The summed E-state index contributed by atoms with van der Waals surface area (Å²) in [5.74, 6) is -0.517. The van der Waals surface area contributed by atoms with Gasteiger partial charge in [0.15, 0.2) is 5.69 Å². The molecule has 1 aliphatic rings. The molecule has 1 atom stereocenters. The molecule has 0 spiro atoms. The second-order valence-corrected chi connectivity index (χ2v) is 6.53. The number of piperidine rings is 1. The lowest BCUT2D eigenvalue weighted by Gasteiger charge is -2.23. The van der Waals surface area contributed by atoms with Crippen LogP contribution < -0.4 is 10.6 Å². The molecule has 9 heteroatoms. The third kappa shape index (κ3) is 4.81. The van der Waals surface area contributed by atoms with Crippen molar-refractivity contribution in [3.8, 4) is 5.69 Å². The second-order valence-electron chi connectivity index (χ2n) is 6.53. The number of para-hydroxylation sites is 1. The first-order chi connectivity index (χ1) is 12.4. The van der Waals surface area contributed by atoms with Gasteiger partial charge in [-0.3, -0.25) is 4.79 Å². The van der Waals surface area contributed by atoms with Crippen LogP contribution in [0.15, 0.2) is 30.5 Å². The summed E-state index contributed by atoms with van der Waals surface area (Å²) in [5, 5.41) is 9.70. The molecule has 2 aromatic rings. The van der Waals surface area contributed by atoms with Crippen LogP contribution in [0.25, 0.3) is 5.69 Å². The van der Waals surface area contributed by atoms with Crippen LogP contribution in [0, 0.1) is 12.8 Å². The van der Waals surface area contributed by atoms with Crippen LogP contribution in [0.4, 0.5) is 13.2 Å². The smallest absolute Gasteiger partial charge is 0.352 e. The fourth-order valence-corrected chi connectivity index (χ4v) is 3.20. The molecule has 2 heterocycles. The van der Waals surface area contributed by atoms with E-state index in [0.717, 1.165) is 36.8 Å². The molecule has 3 rings (SSSR count). The molecule has 0 radical (unpaired) electrons. The van der Waals surface area contributed by atoms with Crippen molar-refractivity contribution < 1.29 is 18.0 Å². The third-order valence-corrected chi connectivity index (χ3v) is 4.58. The number of alkyl halides is 3. The second kappa shape index (κ2) is 8.75. The van der Waals surface area contributed by atoms with Crippen LogP contribution in [-0.4, -0.2) is 35.3 Å². The molecule has 1 saturated heterocycles. The minimum Gasteiger partial charge on any atom is -0.352 e. The maximum absolute atomic E-state index is 13.7. The summed E-state index contributed by atoms with van der Waals surface area (Å²) in [4.78, 5) is 12.4. The Kier molecular flexibility index (Phi) is 6.89. The van der Waals surface area contributed by atoms with Crippen LogP contribution in [0.5, 0.6) is 0 Å². The summed E-state index contributed by atoms with van der Waals surface area (Å²) < 4.78 is 41.8. The fraction of sp³-hybridized carbons (Fsp3) is 0.444. The number of amides is 1.